The summed E-state index contributed by atoms with van der Waals surface area (Å²) >= 11 is 1.25. The molecule has 0 saturated heterocycles. The molecule has 0 unspecified atom stereocenters. The zero-order valence-electron chi connectivity index (χ0n) is 12.2. The van der Waals surface area contributed by atoms with Gasteiger partial charge in [-0.3, -0.25) is 4.79 Å². The lowest BCUT2D eigenvalue weighted by atomic mass is 10.2. The number of halogens is 1. The summed E-state index contributed by atoms with van der Waals surface area (Å²) < 4.78 is 35.7. The van der Waals surface area contributed by atoms with Crippen molar-refractivity contribution in [3.05, 3.63) is 53.8 Å². The Labute approximate surface area is 138 Å². The average molecular weight is 354 g/mol. The molecule has 0 heterocycles. The number of nitrogens with two attached hydrogens (primary N) is 1. The van der Waals surface area contributed by atoms with Gasteiger partial charge >= 0.3 is 0 Å². The minimum absolute atomic E-state index is 0.0264. The summed E-state index contributed by atoms with van der Waals surface area (Å²) in [7, 11) is -3.84. The number of carbonyl (C=O) groups excluding carboxylic acids is 1. The summed E-state index contributed by atoms with van der Waals surface area (Å²) in [4.78, 5) is 12.6. The van der Waals surface area contributed by atoms with Gasteiger partial charge in [-0.05, 0) is 48.9 Å². The van der Waals surface area contributed by atoms with E-state index in [0.717, 1.165) is 4.90 Å². The van der Waals surface area contributed by atoms with Crippen molar-refractivity contribution in [1.82, 2.24) is 0 Å². The molecular formula is C15H15FN2O3S2. The van der Waals surface area contributed by atoms with E-state index in [2.05, 4.69) is 5.32 Å². The highest BCUT2D eigenvalue weighted by molar-refractivity contribution is 8.00. The fraction of sp³-hybridized carbons (Fsp3) is 0.133. The molecule has 0 atom stereocenters. The van der Waals surface area contributed by atoms with Crippen LogP contribution in [0.2, 0.25) is 0 Å². The smallest absolute Gasteiger partial charge is 0.238 e. The molecule has 1 amide bonds. The molecule has 23 heavy (non-hydrogen) atoms. The van der Waals surface area contributed by atoms with Gasteiger partial charge in [-0.15, -0.1) is 11.8 Å². The van der Waals surface area contributed by atoms with Gasteiger partial charge in [-0.1, -0.05) is 6.07 Å². The Morgan fingerprint density at radius 2 is 1.87 bits per heavy atom. The van der Waals surface area contributed by atoms with Gasteiger partial charge in [0, 0.05) is 10.6 Å². The number of carbonyl (C=O) groups is 1. The Hall–Kier alpha value is -1.90. The van der Waals surface area contributed by atoms with Crippen molar-refractivity contribution in [1.29, 1.82) is 0 Å². The molecular weight excluding hydrogens is 339 g/mol. The fourth-order valence-corrected chi connectivity index (χ4v) is 3.37. The lowest BCUT2D eigenvalue weighted by Gasteiger charge is -2.09. The molecule has 3 N–H and O–H groups in total. The third-order valence-corrected chi connectivity index (χ3v) is 5.03. The van der Waals surface area contributed by atoms with E-state index in [9.17, 15) is 17.6 Å². The van der Waals surface area contributed by atoms with Crippen LogP contribution in [-0.4, -0.2) is 20.1 Å². The van der Waals surface area contributed by atoms with Crippen LogP contribution in [-0.2, 0) is 14.8 Å². The number of nitrogens with one attached hydrogen (secondary N) is 1. The number of aryl methyl sites for hydroxylation is 1. The maximum Gasteiger partial charge on any atom is 0.238 e. The second-order valence-corrected chi connectivity index (χ2v) is 7.39. The van der Waals surface area contributed by atoms with Crippen molar-refractivity contribution >= 4 is 33.4 Å². The summed E-state index contributed by atoms with van der Waals surface area (Å²) in [6.45, 7) is 1.62. The first kappa shape index (κ1) is 17.5. The predicted octanol–water partition coefficient (Wildman–Crippen LogP) is 2.51. The maximum absolute atomic E-state index is 12.8. The van der Waals surface area contributed by atoms with E-state index in [1.807, 2.05) is 0 Å². The Morgan fingerprint density at radius 3 is 2.48 bits per heavy atom. The number of sulfonamides is 1. The lowest BCUT2D eigenvalue weighted by molar-refractivity contribution is -0.113. The zero-order chi connectivity index (χ0) is 17.0. The van der Waals surface area contributed by atoms with Crippen molar-refractivity contribution in [2.45, 2.75) is 16.7 Å². The second-order valence-electron chi connectivity index (χ2n) is 4.82. The maximum atomic E-state index is 12.8. The molecule has 0 bridgehead atoms. The summed E-state index contributed by atoms with van der Waals surface area (Å²) in [5, 5.41) is 7.74. The van der Waals surface area contributed by atoms with Gasteiger partial charge in [0.1, 0.15) is 5.82 Å². The average Bonchev–Trinajstić information content (AvgIpc) is 2.47. The Kier molecular flexibility index (Phi) is 5.40. The van der Waals surface area contributed by atoms with Crippen LogP contribution in [0.15, 0.2) is 52.3 Å². The summed E-state index contributed by atoms with van der Waals surface area (Å²) in [6.07, 6.45) is 0. The van der Waals surface area contributed by atoms with Crippen LogP contribution in [0.4, 0.5) is 10.1 Å². The van der Waals surface area contributed by atoms with E-state index in [-0.39, 0.29) is 22.4 Å². The van der Waals surface area contributed by atoms with Gasteiger partial charge in [0.05, 0.1) is 10.6 Å². The van der Waals surface area contributed by atoms with E-state index in [4.69, 9.17) is 5.14 Å². The molecule has 0 aliphatic heterocycles. The van der Waals surface area contributed by atoms with E-state index in [1.54, 1.807) is 31.2 Å². The summed E-state index contributed by atoms with van der Waals surface area (Å²) in [5.41, 5.74) is 0.857. The molecule has 0 radical (unpaired) electrons. The number of hydrogen-bond donors (Lipinski definition) is 2. The molecule has 0 aliphatic rings. The molecule has 0 aliphatic carbocycles. The molecule has 2 aromatic rings. The van der Waals surface area contributed by atoms with Crippen molar-refractivity contribution < 1.29 is 17.6 Å². The van der Waals surface area contributed by atoms with Gasteiger partial charge in [0.25, 0.3) is 0 Å². The monoisotopic (exact) mass is 354 g/mol. The third-order valence-electron chi connectivity index (χ3n) is 2.96. The van der Waals surface area contributed by atoms with Gasteiger partial charge in [0.15, 0.2) is 0 Å². The van der Waals surface area contributed by atoms with Crippen LogP contribution >= 0.6 is 11.8 Å². The number of thioether (sulfide) groups is 1. The minimum Gasteiger partial charge on any atom is -0.325 e. The Morgan fingerprint density at radius 1 is 1.22 bits per heavy atom. The molecule has 122 valence electrons. The van der Waals surface area contributed by atoms with Gasteiger partial charge in [-0.25, -0.2) is 17.9 Å². The van der Waals surface area contributed by atoms with E-state index >= 15 is 0 Å². The van der Waals surface area contributed by atoms with Crippen molar-refractivity contribution in [2.75, 3.05) is 11.1 Å². The summed E-state index contributed by atoms with van der Waals surface area (Å²) in [5.74, 6) is -0.526. The third kappa shape index (κ3) is 5.05. The van der Waals surface area contributed by atoms with Gasteiger partial charge in [0.2, 0.25) is 15.9 Å². The van der Waals surface area contributed by atoms with Crippen LogP contribution in [0.3, 0.4) is 0 Å². The van der Waals surface area contributed by atoms with Crippen molar-refractivity contribution in [3.63, 3.8) is 0 Å². The second kappa shape index (κ2) is 7.12. The number of rotatable bonds is 5. The number of benzene rings is 2. The molecule has 2 rings (SSSR count). The minimum atomic E-state index is -3.84. The first-order valence-corrected chi connectivity index (χ1v) is 9.10. The SMILES string of the molecule is Cc1ccc(NC(=O)CSc2ccc(F)cc2)cc1S(N)(=O)=O. The number of primary sulfonamides is 1. The lowest BCUT2D eigenvalue weighted by Crippen LogP contribution is -2.17. The molecule has 0 aromatic heterocycles. The van der Waals surface area contributed by atoms with E-state index in [0.29, 0.717) is 11.3 Å². The largest absolute Gasteiger partial charge is 0.325 e. The first-order valence-electron chi connectivity index (χ1n) is 6.57. The molecule has 5 nitrogen and oxygen atoms in total. The zero-order valence-corrected chi connectivity index (χ0v) is 13.9. The first-order chi connectivity index (χ1) is 10.8. The normalized spacial score (nSPS) is 11.3. The van der Waals surface area contributed by atoms with Crippen LogP contribution in [0, 0.1) is 12.7 Å². The van der Waals surface area contributed by atoms with Gasteiger partial charge in [-0.2, -0.15) is 0 Å². The molecule has 0 spiro atoms. The van der Waals surface area contributed by atoms with E-state index < -0.39 is 10.0 Å². The standard InChI is InChI=1S/C15H15FN2O3S2/c1-10-2-5-12(8-14(10)23(17,20)21)18-15(19)9-22-13-6-3-11(16)4-7-13/h2-8H,9H2,1H3,(H,18,19)(H2,17,20,21). The fourth-order valence-electron chi connectivity index (χ4n) is 1.86. The van der Waals surface area contributed by atoms with Crippen LogP contribution in [0.25, 0.3) is 0 Å². The van der Waals surface area contributed by atoms with Gasteiger partial charge < -0.3 is 5.32 Å². The van der Waals surface area contributed by atoms with Crippen LogP contribution in [0.1, 0.15) is 5.56 Å². The highest BCUT2D eigenvalue weighted by Gasteiger charge is 2.13. The Balaban J connectivity index is 2.01. The molecule has 8 heteroatoms. The number of hydrogen-bond acceptors (Lipinski definition) is 4. The van der Waals surface area contributed by atoms with Crippen molar-refractivity contribution in [2.24, 2.45) is 5.14 Å². The molecule has 0 saturated carbocycles. The van der Waals surface area contributed by atoms with Crippen LogP contribution < -0.4 is 10.5 Å². The molecule has 0 fully saturated rings. The van der Waals surface area contributed by atoms with Crippen LogP contribution in [0.5, 0.6) is 0 Å². The highest BCUT2D eigenvalue weighted by Crippen LogP contribution is 2.21. The summed E-state index contributed by atoms with van der Waals surface area (Å²) in [6, 6.07) is 10.3. The van der Waals surface area contributed by atoms with Crippen molar-refractivity contribution in [3.8, 4) is 0 Å². The highest BCUT2D eigenvalue weighted by atomic mass is 32.2. The van der Waals surface area contributed by atoms with E-state index in [1.165, 1.54) is 30.0 Å². The topological polar surface area (TPSA) is 89.3 Å². The molecule has 2 aromatic carbocycles. The Bertz CT molecular complexity index is 821. The number of anilines is 1. The quantitative estimate of drug-likeness (QED) is 0.808. The predicted molar refractivity (Wildman–Crippen MR) is 88.3 cm³/mol. The number of amides is 1.